The molecule has 3 fully saturated rings. The second-order valence-corrected chi connectivity index (χ2v) is 10.7. The molecule has 0 radical (unpaired) electrons. The minimum absolute atomic E-state index is 0.109. The van der Waals surface area contributed by atoms with Gasteiger partial charge in [0.15, 0.2) is 0 Å². The molecule has 6 nitrogen and oxygen atoms in total. The van der Waals surface area contributed by atoms with Gasteiger partial charge in [0.25, 0.3) is 0 Å². The molecular weight excluding hydrogens is 421 g/mol. The second kappa shape index (κ2) is 8.11. The van der Waals surface area contributed by atoms with Gasteiger partial charge in [-0.1, -0.05) is 23.2 Å². The molecule has 0 N–H and O–H groups in total. The highest BCUT2D eigenvalue weighted by atomic mass is 35.5. The summed E-state index contributed by atoms with van der Waals surface area (Å²) in [5.74, 6) is 0.904. The Morgan fingerprint density at radius 3 is 2.32 bits per heavy atom. The molecule has 1 aromatic carbocycles. The van der Waals surface area contributed by atoms with Crippen LogP contribution in [0.2, 0.25) is 10.0 Å². The van der Waals surface area contributed by atoms with Gasteiger partial charge in [0.1, 0.15) is 0 Å². The van der Waals surface area contributed by atoms with Crippen molar-refractivity contribution in [3.8, 4) is 0 Å². The maximum Gasteiger partial charge on any atom is 0.243 e. The van der Waals surface area contributed by atoms with Crippen molar-refractivity contribution in [3.05, 3.63) is 28.2 Å². The van der Waals surface area contributed by atoms with Crippen LogP contribution in [-0.4, -0.2) is 73.7 Å². The third-order valence-electron chi connectivity index (χ3n) is 5.85. The molecule has 1 amide bonds. The average molecular weight is 446 g/mol. The zero-order valence-corrected chi connectivity index (χ0v) is 18.0. The van der Waals surface area contributed by atoms with E-state index >= 15 is 0 Å². The Hall–Kier alpha value is -0.860. The predicted octanol–water partition coefficient (Wildman–Crippen LogP) is 2.70. The average Bonchev–Trinajstić information content (AvgIpc) is 3.41. The van der Waals surface area contributed by atoms with Gasteiger partial charge in [-0.2, -0.15) is 4.31 Å². The van der Waals surface area contributed by atoms with Gasteiger partial charge in [0.2, 0.25) is 15.9 Å². The first-order valence-electron chi connectivity index (χ1n) is 9.84. The van der Waals surface area contributed by atoms with Crippen molar-refractivity contribution in [2.75, 3.05) is 39.3 Å². The lowest BCUT2D eigenvalue weighted by Crippen LogP contribution is -2.44. The highest BCUT2D eigenvalue weighted by Crippen LogP contribution is 2.32. The van der Waals surface area contributed by atoms with E-state index in [9.17, 15) is 13.2 Å². The van der Waals surface area contributed by atoms with E-state index in [-0.39, 0.29) is 16.8 Å². The molecule has 2 aliphatic heterocycles. The Morgan fingerprint density at radius 1 is 0.929 bits per heavy atom. The van der Waals surface area contributed by atoms with E-state index in [1.54, 1.807) is 0 Å². The summed E-state index contributed by atoms with van der Waals surface area (Å²) in [4.78, 5) is 17.1. The Labute approximate surface area is 176 Å². The summed E-state index contributed by atoms with van der Waals surface area (Å²) in [5.41, 5.74) is 0. The molecule has 1 aromatic rings. The summed E-state index contributed by atoms with van der Waals surface area (Å²) < 4.78 is 27.5. The van der Waals surface area contributed by atoms with E-state index in [1.165, 1.54) is 35.3 Å². The van der Waals surface area contributed by atoms with Crippen LogP contribution < -0.4 is 0 Å². The SMILES string of the molecule is O=C1C(N2CCCN(S(=O)(=O)c3cc(Cl)cc(Cl)c3)CC2)CCN1CC1CC1. The molecule has 9 heteroatoms. The number of likely N-dealkylation sites (tertiary alicyclic amines) is 1. The number of carbonyl (C=O) groups excluding carboxylic acids is 1. The molecule has 2 saturated heterocycles. The number of sulfonamides is 1. The molecule has 0 spiro atoms. The van der Waals surface area contributed by atoms with Gasteiger partial charge in [-0.05, 0) is 49.8 Å². The lowest BCUT2D eigenvalue weighted by molar-refractivity contribution is -0.132. The Bertz CT molecular complexity index is 840. The van der Waals surface area contributed by atoms with Gasteiger partial charge in [-0.3, -0.25) is 9.69 Å². The number of halogens is 2. The summed E-state index contributed by atoms with van der Waals surface area (Å²) in [6.07, 6.45) is 4.00. The van der Waals surface area contributed by atoms with Crippen LogP contribution >= 0.6 is 23.2 Å². The fourth-order valence-corrected chi connectivity index (χ4v) is 6.34. The molecule has 1 aliphatic carbocycles. The van der Waals surface area contributed by atoms with Gasteiger partial charge in [0.05, 0.1) is 10.9 Å². The van der Waals surface area contributed by atoms with Crippen LogP contribution in [0.1, 0.15) is 25.7 Å². The molecule has 3 aliphatic rings. The molecule has 0 aromatic heterocycles. The van der Waals surface area contributed by atoms with E-state index in [1.807, 2.05) is 4.90 Å². The van der Waals surface area contributed by atoms with Crippen LogP contribution in [0.4, 0.5) is 0 Å². The normalized spacial score (nSPS) is 25.3. The van der Waals surface area contributed by atoms with Gasteiger partial charge < -0.3 is 4.90 Å². The molecule has 4 rings (SSSR count). The van der Waals surface area contributed by atoms with Crippen LogP contribution in [-0.2, 0) is 14.8 Å². The van der Waals surface area contributed by atoms with Crippen LogP contribution in [0.3, 0.4) is 0 Å². The van der Waals surface area contributed by atoms with Gasteiger partial charge >= 0.3 is 0 Å². The number of rotatable bonds is 5. The summed E-state index contributed by atoms with van der Waals surface area (Å²) in [6.45, 7) is 3.78. The number of hydrogen-bond acceptors (Lipinski definition) is 4. The minimum Gasteiger partial charge on any atom is -0.341 e. The smallest absolute Gasteiger partial charge is 0.243 e. The van der Waals surface area contributed by atoms with Crippen molar-refractivity contribution in [1.82, 2.24) is 14.1 Å². The first-order valence-corrected chi connectivity index (χ1v) is 12.0. The Balaban J connectivity index is 1.42. The summed E-state index contributed by atoms with van der Waals surface area (Å²) >= 11 is 12.0. The van der Waals surface area contributed by atoms with Crippen molar-refractivity contribution >= 4 is 39.1 Å². The number of hydrogen-bond donors (Lipinski definition) is 0. The largest absolute Gasteiger partial charge is 0.341 e. The lowest BCUT2D eigenvalue weighted by Gasteiger charge is -2.26. The second-order valence-electron chi connectivity index (χ2n) is 7.93. The highest BCUT2D eigenvalue weighted by molar-refractivity contribution is 7.89. The van der Waals surface area contributed by atoms with Crippen molar-refractivity contribution in [1.29, 1.82) is 0 Å². The van der Waals surface area contributed by atoms with E-state index < -0.39 is 10.0 Å². The number of nitrogens with zero attached hydrogens (tertiary/aromatic N) is 3. The van der Waals surface area contributed by atoms with Crippen LogP contribution in [0.15, 0.2) is 23.1 Å². The van der Waals surface area contributed by atoms with E-state index in [2.05, 4.69) is 4.90 Å². The van der Waals surface area contributed by atoms with Crippen molar-refractivity contribution in [2.45, 2.75) is 36.6 Å². The van der Waals surface area contributed by atoms with Gasteiger partial charge in [0, 0.05) is 49.3 Å². The first-order chi connectivity index (χ1) is 13.3. The third kappa shape index (κ3) is 4.33. The first kappa shape index (κ1) is 20.4. The molecule has 1 unspecified atom stereocenters. The minimum atomic E-state index is -3.67. The standard InChI is InChI=1S/C19H25Cl2N3O3S/c20-15-10-16(21)12-17(11-15)28(26,27)24-6-1-5-22(8-9-24)18-4-7-23(19(18)25)13-14-2-3-14/h10-12,14,18H,1-9,13H2. The molecule has 0 bridgehead atoms. The van der Waals surface area contributed by atoms with Crippen molar-refractivity contribution in [2.24, 2.45) is 5.92 Å². The predicted molar refractivity (Wildman–Crippen MR) is 109 cm³/mol. The topological polar surface area (TPSA) is 60.9 Å². The number of amides is 1. The summed E-state index contributed by atoms with van der Waals surface area (Å²) in [6, 6.07) is 4.27. The van der Waals surface area contributed by atoms with E-state index in [0.717, 1.165) is 26.1 Å². The van der Waals surface area contributed by atoms with Crippen LogP contribution in [0, 0.1) is 5.92 Å². The van der Waals surface area contributed by atoms with Gasteiger partial charge in [-0.25, -0.2) is 8.42 Å². The lowest BCUT2D eigenvalue weighted by atomic mass is 10.2. The fourth-order valence-electron chi connectivity index (χ4n) is 4.15. The zero-order valence-electron chi connectivity index (χ0n) is 15.7. The number of carbonyl (C=O) groups is 1. The third-order valence-corrected chi connectivity index (χ3v) is 8.16. The molecule has 1 atom stereocenters. The monoisotopic (exact) mass is 445 g/mol. The summed E-state index contributed by atoms with van der Waals surface area (Å²) in [5, 5.41) is 0.602. The highest BCUT2D eigenvalue weighted by Gasteiger charge is 2.39. The van der Waals surface area contributed by atoms with E-state index in [0.29, 0.717) is 42.0 Å². The zero-order chi connectivity index (χ0) is 19.9. The molecule has 154 valence electrons. The maximum absolute atomic E-state index is 13.0. The van der Waals surface area contributed by atoms with Crippen LogP contribution in [0.25, 0.3) is 0 Å². The molecular formula is C19H25Cl2N3O3S. The van der Waals surface area contributed by atoms with Gasteiger partial charge in [-0.15, -0.1) is 0 Å². The fraction of sp³-hybridized carbons (Fsp3) is 0.632. The quantitative estimate of drug-likeness (QED) is 0.698. The molecule has 1 saturated carbocycles. The maximum atomic E-state index is 13.0. The molecule has 28 heavy (non-hydrogen) atoms. The molecule has 2 heterocycles. The Morgan fingerprint density at radius 2 is 1.64 bits per heavy atom. The van der Waals surface area contributed by atoms with Crippen molar-refractivity contribution < 1.29 is 13.2 Å². The van der Waals surface area contributed by atoms with Crippen molar-refractivity contribution in [3.63, 3.8) is 0 Å². The van der Waals surface area contributed by atoms with Crippen LogP contribution in [0.5, 0.6) is 0 Å². The number of benzene rings is 1. The van der Waals surface area contributed by atoms with E-state index in [4.69, 9.17) is 23.2 Å². The summed E-state index contributed by atoms with van der Waals surface area (Å²) in [7, 11) is -3.67. The Kier molecular flexibility index (Phi) is 5.91.